The van der Waals surface area contributed by atoms with E-state index in [9.17, 15) is 4.79 Å². The van der Waals surface area contributed by atoms with Gasteiger partial charge in [0.25, 0.3) is 0 Å². The minimum absolute atomic E-state index is 0.280. The van der Waals surface area contributed by atoms with Crippen LogP contribution in [-0.4, -0.2) is 29.4 Å². The first-order valence-corrected chi connectivity index (χ1v) is 7.55. The van der Waals surface area contributed by atoms with Crippen LogP contribution >= 0.6 is 0 Å². The number of rotatable bonds is 6. The van der Waals surface area contributed by atoms with Crippen molar-refractivity contribution >= 4 is 5.97 Å². The molecule has 0 unspecified atom stereocenters. The molecule has 1 aromatic heterocycles. The van der Waals surface area contributed by atoms with Crippen LogP contribution in [0.5, 0.6) is 0 Å². The summed E-state index contributed by atoms with van der Waals surface area (Å²) in [6.07, 6.45) is 0.823. The largest absolute Gasteiger partial charge is 0.462 e. The second kappa shape index (κ2) is 7.22. The SMILES string of the molecule is CCCOC(=O)c1ccc(-n2nc(C)c(CNC)c2C)cc1. The maximum atomic E-state index is 11.8. The zero-order chi connectivity index (χ0) is 16.1. The molecule has 2 rings (SSSR count). The molecule has 1 aromatic carbocycles. The molecule has 2 aromatic rings. The number of nitrogens with zero attached hydrogens (tertiary/aromatic N) is 2. The van der Waals surface area contributed by atoms with Crippen molar-refractivity contribution in [2.75, 3.05) is 13.7 Å². The van der Waals surface area contributed by atoms with E-state index in [0.29, 0.717) is 12.2 Å². The summed E-state index contributed by atoms with van der Waals surface area (Å²) < 4.78 is 7.04. The second-order valence-electron chi connectivity index (χ2n) is 5.27. The zero-order valence-corrected chi connectivity index (χ0v) is 13.6. The third-order valence-corrected chi connectivity index (χ3v) is 3.58. The lowest BCUT2D eigenvalue weighted by atomic mass is 10.2. The number of hydrogen-bond donors (Lipinski definition) is 1. The smallest absolute Gasteiger partial charge is 0.338 e. The molecule has 0 aliphatic carbocycles. The molecule has 0 fully saturated rings. The summed E-state index contributed by atoms with van der Waals surface area (Å²) in [6, 6.07) is 7.35. The highest BCUT2D eigenvalue weighted by Gasteiger charge is 2.13. The fourth-order valence-corrected chi connectivity index (χ4v) is 2.38. The summed E-state index contributed by atoms with van der Waals surface area (Å²) >= 11 is 0. The monoisotopic (exact) mass is 301 g/mol. The molecule has 0 radical (unpaired) electrons. The number of aryl methyl sites for hydroxylation is 1. The molecular weight excluding hydrogens is 278 g/mol. The Kier molecular flexibility index (Phi) is 5.33. The van der Waals surface area contributed by atoms with Gasteiger partial charge in [0, 0.05) is 17.8 Å². The molecule has 0 aliphatic heterocycles. The van der Waals surface area contributed by atoms with Crippen LogP contribution in [0.25, 0.3) is 5.69 Å². The Morgan fingerprint density at radius 2 is 1.95 bits per heavy atom. The lowest BCUT2D eigenvalue weighted by molar-refractivity contribution is 0.0505. The summed E-state index contributed by atoms with van der Waals surface area (Å²) in [4.78, 5) is 11.8. The molecule has 118 valence electrons. The van der Waals surface area contributed by atoms with E-state index in [1.54, 1.807) is 12.1 Å². The fraction of sp³-hybridized carbons (Fsp3) is 0.412. The summed E-state index contributed by atoms with van der Waals surface area (Å²) in [5.41, 5.74) is 4.82. The molecule has 0 saturated heterocycles. The highest BCUT2D eigenvalue weighted by atomic mass is 16.5. The number of aromatic nitrogens is 2. The molecule has 0 spiro atoms. The van der Waals surface area contributed by atoms with Gasteiger partial charge in [0.15, 0.2) is 0 Å². The van der Waals surface area contributed by atoms with Gasteiger partial charge in [-0.1, -0.05) is 6.92 Å². The van der Waals surface area contributed by atoms with Crippen molar-refractivity contribution in [1.82, 2.24) is 15.1 Å². The van der Waals surface area contributed by atoms with Crippen molar-refractivity contribution in [3.8, 4) is 5.69 Å². The van der Waals surface area contributed by atoms with E-state index in [1.807, 2.05) is 37.7 Å². The van der Waals surface area contributed by atoms with Crippen molar-refractivity contribution in [1.29, 1.82) is 0 Å². The maximum absolute atomic E-state index is 11.8. The maximum Gasteiger partial charge on any atom is 0.338 e. The number of ether oxygens (including phenoxy) is 1. The molecule has 1 heterocycles. The van der Waals surface area contributed by atoms with Crippen LogP contribution in [0.4, 0.5) is 0 Å². The van der Waals surface area contributed by atoms with Gasteiger partial charge in [-0.2, -0.15) is 5.10 Å². The van der Waals surface area contributed by atoms with E-state index in [0.717, 1.165) is 30.0 Å². The van der Waals surface area contributed by atoms with Gasteiger partial charge in [-0.25, -0.2) is 9.48 Å². The number of carbonyl (C=O) groups excluding carboxylic acids is 1. The molecule has 0 aliphatic rings. The normalized spacial score (nSPS) is 10.7. The summed E-state index contributed by atoms with van der Waals surface area (Å²) in [7, 11) is 1.92. The van der Waals surface area contributed by atoms with Gasteiger partial charge in [0.05, 0.1) is 23.6 Å². The van der Waals surface area contributed by atoms with Crippen molar-refractivity contribution in [2.24, 2.45) is 0 Å². The van der Waals surface area contributed by atoms with E-state index in [1.165, 1.54) is 5.56 Å². The van der Waals surface area contributed by atoms with E-state index in [4.69, 9.17) is 4.74 Å². The Morgan fingerprint density at radius 1 is 1.27 bits per heavy atom. The molecule has 5 heteroatoms. The van der Waals surface area contributed by atoms with Gasteiger partial charge < -0.3 is 10.1 Å². The summed E-state index contributed by atoms with van der Waals surface area (Å²) in [5.74, 6) is -0.280. The van der Waals surface area contributed by atoms with Crippen LogP contribution in [0.1, 0.15) is 40.7 Å². The zero-order valence-electron chi connectivity index (χ0n) is 13.6. The second-order valence-corrected chi connectivity index (χ2v) is 5.27. The van der Waals surface area contributed by atoms with E-state index in [-0.39, 0.29) is 5.97 Å². The predicted octanol–water partition coefficient (Wildman–Crippen LogP) is 2.78. The first-order valence-electron chi connectivity index (χ1n) is 7.55. The van der Waals surface area contributed by atoms with Crippen LogP contribution in [-0.2, 0) is 11.3 Å². The molecule has 0 amide bonds. The third-order valence-electron chi connectivity index (χ3n) is 3.58. The van der Waals surface area contributed by atoms with E-state index in [2.05, 4.69) is 17.3 Å². The van der Waals surface area contributed by atoms with Crippen LogP contribution in [0.3, 0.4) is 0 Å². The summed E-state index contributed by atoms with van der Waals surface area (Å²) in [6.45, 7) is 7.27. The van der Waals surface area contributed by atoms with Gasteiger partial charge in [-0.3, -0.25) is 0 Å². The minimum Gasteiger partial charge on any atom is -0.462 e. The third kappa shape index (κ3) is 3.36. The average Bonchev–Trinajstić information content (AvgIpc) is 2.81. The van der Waals surface area contributed by atoms with Gasteiger partial charge in [-0.05, 0) is 51.6 Å². The molecule has 5 nitrogen and oxygen atoms in total. The minimum atomic E-state index is -0.280. The first-order chi connectivity index (χ1) is 10.6. The van der Waals surface area contributed by atoms with E-state index >= 15 is 0 Å². The van der Waals surface area contributed by atoms with Crippen LogP contribution < -0.4 is 5.32 Å². The average molecular weight is 301 g/mol. The van der Waals surface area contributed by atoms with Crippen molar-refractivity contribution in [2.45, 2.75) is 33.7 Å². The van der Waals surface area contributed by atoms with Crippen molar-refractivity contribution < 1.29 is 9.53 Å². The number of carbonyl (C=O) groups is 1. The van der Waals surface area contributed by atoms with Crippen molar-refractivity contribution in [3.05, 3.63) is 46.8 Å². The Hall–Kier alpha value is -2.14. The van der Waals surface area contributed by atoms with E-state index < -0.39 is 0 Å². The number of benzene rings is 1. The van der Waals surface area contributed by atoms with Gasteiger partial charge in [0.1, 0.15) is 0 Å². The molecule has 1 N–H and O–H groups in total. The molecule has 0 atom stereocenters. The number of esters is 1. The molecule has 0 saturated carbocycles. The standard InChI is InChI=1S/C17H23N3O2/c1-5-10-22-17(21)14-6-8-15(9-7-14)20-13(3)16(11-18-4)12(2)19-20/h6-9,18H,5,10-11H2,1-4H3. The van der Waals surface area contributed by atoms with Crippen molar-refractivity contribution in [3.63, 3.8) is 0 Å². The first kappa shape index (κ1) is 16.2. The Bertz CT molecular complexity index is 645. The van der Waals surface area contributed by atoms with Crippen LogP contribution in [0.15, 0.2) is 24.3 Å². The van der Waals surface area contributed by atoms with Gasteiger partial charge >= 0.3 is 5.97 Å². The quantitative estimate of drug-likeness (QED) is 0.834. The lowest BCUT2D eigenvalue weighted by Gasteiger charge is -2.07. The topological polar surface area (TPSA) is 56.2 Å². The van der Waals surface area contributed by atoms with Gasteiger partial charge in [-0.15, -0.1) is 0 Å². The molecule has 0 bridgehead atoms. The molecule has 22 heavy (non-hydrogen) atoms. The van der Waals surface area contributed by atoms with Gasteiger partial charge in [0.2, 0.25) is 0 Å². The lowest BCUT2D eigenvalue weighted by Crippen LogP contribution is -2.08. The summed E-state index contributed by atoms with van der Waals surface area (Å²) in [5, 5.41) is 7.74. The Balaban J connectivity index is 2.24. The Labute approximate surface area is 131 Å². The fourth-order valence-electron chi connectivity index (χ4n) is 2.38. The number of hydrogen-bond acceptors (Lipinski definition) is 4. The number of nitrogens with one attached hydrogen (secondary N) is 1. The Morgan fingerprint density at radius 3 is 2.55 bits per heavy atom. The highest BCUT2D eigenvalue weighted by molar-refractivity contribution is 5.89. The molecular formula is C17H23N3O2. The van der Waals surface area contributed by atoms with Crippen LogP contribution in [0, 0.1) is 13.8 Å². The highest BCUT2D eigenvalue weighted by Crippen LogP contribution is 2.18. The van der Waals surface area contributed by atoms with Crippen LogP contribution in [0.2, 0.25) is 0 Å². The predicted molar refractivity (Wildman–Crippen MR) is 86.4 cm³/mol.